The second kappa shape index (κ2) is 8.23. The summed E-state index contributed by atoms with van der Waals surface area (Å²) in [6, 6.07) is 8.26. The highest BCUT2D eigenvalue weighted by atomic mass is 32.2. The molecule has 0 spiro atoms. The Morgan fingerprint density at radius 3 is 2.47 bits per heavy atom. The van der Waals surface area contributed by atoms with Crippen molar-refractivity contribution in [3.8, 4) is 0 Å². The van der Waals surface area contributed by atoms with E-state index in [4.69, 9.17) is 4.74 Å². The Kier molecular flexibility index (Phi) is 6.95. The number of hydrogen-bond donors (Lipinski definition) is 1. The number of hydrogen-bond acceptors (Lipinski definition) is 4. The van der Waals surface area contributed by atoms with E-state index in [9.17, 15) is 4.79 Å². The lowest BCUT2D eigenvalue weighted by Gasteiger charge is -2.19. The summed E-state index contributed by atoms with van der Waals surface area (Å²) in [7, 11) is 1.43. The molecule has 1 aromatic rings. The summed E-state index contributed by atoms with van der Waals surface area (Å²) in [6.45, 7) is 6.90. The molecule has 0 radical (unpaired) electrons. The largest absolute Gasteiger partial charge is 0.468 e. The Balaban J connectivity index is 2.32. The van der Waals surface area contributed by atoms with Gasteiger partial charge in [-0.25, -0.2) is 0 Å². The van der Waals surface area contributed by atoms with Crippen LogP contribution in [0.25, 0.3) is 0 Å². The molecule has 106 valence electrons. The summed E-state index contributed by atoms with van der Waals surface area (Å²) in [5.41, 5.74) is 1.27. The molecule has 4 heteroatoms. The summed E-state index contributed by atoms with van der Waals surface area (Å²) in [6.07, 6.45) is 0. The zero-order valence-electron chi connectivity index (χ0n) is 12.1. The molecule has 1 unspecified atom stereocenters. The number of esters is 1. The molecule has 1 rings (SSSR count). The Hall–Kier alpha value is -1.00. The molecule has 1 atom stereocenters. The van der Waals surface area contributed by atoms with Crippen molar-refractivity contribution in [3.05, 3.63) is 29.8 Å². The first-order valence-electron chi connectivity index (χ1n) is 6.55. The van der Waals surface area contributed by atoms with Crippen molar-refractivity contribution in [2.45, 2.75) is 31.7 Å². The monoisotopic (exact) mass is 281 g/mol. The molecule has 3 nitrogen and oxygen atoms in total. The molecule has 0 amide bonds. The van der Waals surface area contributed by atoms with Crippen LogP contribution in [-0.2, 0) is 9.53 Å². The number of rotatable bonds is 7. The Labute approximate surface area is 120 Å². The number of thioether (sulfide) groups is 1. The first-order chi connectivity index (χ1) is 9.04. The van der Waals surface area contributed by atoms with Crippen LogP contribution in [0.1, 0.15) is 19.4 Å². The fourth-order valence-corrected chi connectivity index (χ4v) is 2.52. The van der Waals surface area contributed by atoms with Gasteiger partial charge in [0.15, 0.2) is 0 Å². The minimum Gasteiger partial charge on any atom is -0.468 e. The summed E-state index contributed by atoms with van der Waals surface area (Å²) in [5.74, 6) is 0.982. The van der Waals surface area contributed by atoms with Gasteiger partial charge in [-0.05, 0) is 25.0 Å². The van der Waals surface area contributed by atoms with Crippen LogP contribution in [0, 0.1) is 12.8 Å². The minimum absolute atomic E-state index is 0.185. The Morgan fingerprint density at radius 1 is 1.32 bits per heavy atom. The number of carbonyl (C=O) groups is 1. The van der Waals surface area contributed by atoms with Gasteiger partial charge in [0.1, 0.15) is 6.04 Å². The highest BCUT2D eigenvalue weighted by Gasteiger charge is 2.21. The van der Waals surface area contributed by atoms with Crippen molar-refractivity contribution in [2.75, 3.05) is 19.4 Å². The minimum atomic E-state index is -0.219. The third kappa shape index (κ3) is 5.66. The molecular formula is C15H23NO2S. The Bertz CT molecular complexity index is 390. The molecule has 0 aliphatic rings. The van der Waals surface area contributed by atoms with Crippen LogP contribution in [0.3, 0.4) is 0 Å². The van der Waals surface area contributed by atoms with E-state index in [2.05, 4.69) is 36.5 Å². The number of benzene rings is 1. The van der Waals surface area contributed by atoms with Crippen LogP contribution >= 0.6 is 11.8 Å². The van der Waals surface area contributed by atoms with Gasteiger partial charge in [0.2, 0.25) is 0 Å². The SMILES string of the molecule is COC(=O)C(NCCSc1ccc(C)cc1)C(C)C. The summed E-state index contributed by atoms with van der Waals surface area (Å²) >= 11 is 1.79. The summed E-state index contributed by atoms with van der Waals surface area (Å²) < 4.78 is 4.79. The molecule has 0 aromatic heterocycles. The van der Waals surface area contributed by atoms with Crippen LogP contribution < -0.4 is 5.32 Å². The number of methoxy groups -OCH3 is 1. The van der Waals surface area contributed by atoms with Gasteiger partial charge in [0.25, 0.3) is 0 Å². The van der Waals surface area contributed by atoms with Crippen LogP contribution in [0.15, 0.2) is 29.2 Å². The number of ether oxygens (including phenoxy) is 1. The van der Waals surface area contributed by atoms with E-state index in [-0.39, 0.29) is 17.9 Å². The molecule has 0 saturated heterocycles. The normalized spacial score (nSPS) is 12.5. The lowest BCUT2D eigenvalue weighted by molar-refractivity contribution is -0.144. The maximum Gasteiger partial charge on any atom is 0.323 e. The molecule has 0 aliphatic heterocycles. The first-order valence-corrected chi connectivity index (χ1v) is 7.54. The number of carbonyl (C=O) groups excluding carboxylic acids is 1. The van der Waals surface area contributed by atoms with Crippen molar-refractivity contribution in [1.82, 2.24) is 5.32 Å². The molecule has 0 saturated carbocycles. The van der Waals surface area contributed by atoms with Crippen LogP contribution in [0.2, 0.25) is 0 Å². The van der Waals surface area contributed by atoms with Gasteiger partial charge >= 0.3 is 5.97 Å². The third-order valence-electron chi connectivity index (χ3n) is 2.88. The zero-order valence-corrected chi connectivity index (χ0v) is 12.9. The fraction of sp³-hybridized carbons (Fsp3) is 0.533. The maximum absolute atomic E-state index is 11.6. The zero-order chi connectivity index (χ0) is 14.3. The predicted molar refractivity (Wildman–Crippen MR) is 80.5 cm³/mol. The highest BCUT2D eigenvalue weighted by Crippen LogP contribution is 2.17. The molecule has 0 bridgehead atoms. The van der Waals surface area contributed by atoms with Crippen molar-refractivity contribution < 1.29 is 9.53 Å². The molecule has 0 aliphatic carbocycles. The van der Waals surface area contributed by atoms with Crippen molar-refractivity contribution >= 4 is 17.7 Å². The maximum atomic E-state index is 11.6. The molecule has 19 heavy (non-hydrogen) atoms. The molecule has 0 fully saturated rings. The lowest BCUT2D eigenvalue weighted by Crippen LogP contribution is -2.42. The topological polar surface area (TPSA) is 38.3 Å². The molecule has 1 N–H and O–H groups in total. The number of aryl methyl sites for hydroxylation is 1. The lowest BCUT2D eigenvalue weighted by atomic mass is 10.1. The average Bonchev–Trinajstić information content (AvgIpc) is 2.39. The highest BCUT2D eigenvalue weighted by molar-refractivity contribution is 7.99. The molecular weight excluding hydrogens is 258 g/mol. The van der Waals surface area contributed by atoms with Crippen LogP contribution in [0.4, 0.5) is 0 Å². The van der Waals surface area contributed by atoms with E-state index >= 15 is 0 Å². The number of nitrogens with one attached hydrogen (secondary N) is 1. The first kappa shape index (κ1) is 16.1. The quantitative estimate of drug-likeness (QED) is 0.474. The van der Waals surface area contributed by atoms with Crippen molar-refractivity contribution in [1.29, 1.82) is 0 Å². The van der Waals surface area contributed by atoms with E-state index < -0.39 is 0 Å². The standard InChI is InChI=1S/C15H23NO2S/c1-11(2)14(15(17)18-4)16-9-10-19-13-7-5-12(3)6-8-13/h5-8,11,14,16H,9-10H2,1-4H3. The summed E-state index contributed by atoms with van der Waals surface area (Å²) in [4.78, 5) is 12.8. The van der Waals surface area contributed by atoms with E-state index in [0.717, 1.165) is 12.3 Å². The smallest absolute Gasteiger partial charge is 0.323 e. The Morgan fingerprint density at radius 2 is 1.95 bits per heavy atom. The average molecular weight is 281 g/mol. The van der Waals surface area contributed by atoms with Gasteiger partial charge in [-0.15, -0.1) is 11.8 Å². The van der Waals surface area contributed by atoms with E-state index in [1.807, 2.05) is 13.8 Å². The fourth-order valence-electron chi connectivity index (χ4n) is 1.74. The van der Waals surface area contributed by atoms with E-state index in [0.29, 0.717) is 0 Å². The van der Waals surface area contributed by atoms with E-state index in [1.165, 1.54) is 17.6 Å². The van der Waals surface area contributed by atoms with Gasteiger partial charge < -0.3 is 10.1 Å². The third-order valence-corrected chi connectivity index (χ3v) is 3.89. The van der Waals surface area contributed by atoms with Crippen molar-refractivity contribution in [2.24, 2.45) is 5.92 Å². The molecule has 1 aromatic carbocycles. The summed E-state index contributed by atoms with van der Waals surface area (Å²) in [5, 5.41) is 3.26. The van der Waals surface area contributed by atoms with Crippen LogP contribution in [0.5, 0.6) is 0 Å². The van der Waals surface area contributed by atoms with Gasteiger partial charge in [-0.2, -0.15) is 0 Å². The second-order valence-electron chi connectivity index (χ2n) is 4.86. The van der Waals surface area contributed by atoms with Gasteiger partial charge in [0, 0.05) is 17.2 Å². The second-order valence-corrected chi connectivity index (χ2v) is 6.03. The van der Waals surface area contributed by atoms with Gasteiger partial charge in [-0.1, -0.05) is 31.5 Å². The van der Waals surface area contributed by atoms with Crippen LogP contribution in [-0.4, -0.2) is 31.4 Å². The predicted octanol–water partition coefficient (Wildman–Crippen LogP) is 2.87. The molecule has 0 heterocycles. The van der Waals surface area contributed by atoms with Crippen molar-refractivity contribution in [3.63, 3.8) is 0 Å². The van der Waals surface area contributed by atoms with Gasteiger partial charge in [0.05, 0.1) is 7.11 Å². The van der Waals surface area contributed by atoms with E-state index in [1.54, 1.807) is 11.8 Å². The van der Waals surface area contributed by atoms with Gasteiger partial charge in [-0.3, -0.25) is 4.79 Å².